The summed E-state index contributed by atoms with van der Waals surface area (Å²) >= 11 is 2.05. The molecule has 2 N–H and O–H groups in total. The van der Waals surface area contributed by atoms with E-state index in [-0.39, 0.29) is 12.1 Å². The summed E-state index contributed by atoms with van der Waals surface area (Å²) in [4.78, 5) is 0. The van der Waals surface area contributed by atoms with E-state index in [1.165, 1.54) is 18.6 Å². The Kier molecular flexibility index (Phi) is 7.61. The fourth-order valence-corrected chi connectivity index (χ4v) is 4.22. The Bertz CT molecular complexity index is 226. The van der Waals surface area contributed by atoms with Crippen LogP contribution >= 0.6 is 11.8 Å². The van der Waals surface area contributed by atoms with Crippen LogP contribution in [-0.2, 0) is 4.74 Å². The van der Waals surface area contributed by atoms with Crippen LogP contribution < -0.4 is 5.32 Å². The topological polar surface area (TPSA) is 41.5 Å². The number of hydrogen-bond acceptors (Lipinski definition) is 4. The molecule has 2 atom stereocenters. The van der Waals surface area contributed by atoms with Crippen LogP contribution in [-0.4, -0.2) is 48.0 Å². The second kappa shape index (κ2) is 8.41. The van der Waals surface area contributed by atoms with Gasteiger partial charge in [0.1, 0.15) is 0 Å². The maximum atomic E-state index is 9.73. The zero-order valence-corrected chi connectivity index (χ0v) is 12.9. The number of rotatable bonds is 8. The van der Waals surface area contributed by atoms with Crippen molar-refractivity contribution in [1.82, 2.24) is 5.32 Å². The Labute approximate surface area is 116 Å². The highest BCUT2D eigenvalue weighted by atomic mass is 32.2. The third kappa shape index (κ3) is 5.47. The highest BCUT2D eigenvalue weighted by molar-refractivity contribution is 7.99. The molecule has 0 heterocycles. The van der Waals surface area contributed by atoms with Gasteiger partial charge in [-0.3, -0.25) is 0 Å². The summed E-state index contributed by atoms with van der Waals surface area (Å²) in [7, 11) is 1.76. The number of methoxy groups -OCH3 is 1. The monoisotopic (exact) mass is 275 g/mol. The number of nitrogens with one attached hydrogen (secondary N) is 1. The minimum Gasteiger partial charge on any atom is -0.394 e. The maximum absolute atomic E-state index is 9.73. The Morgan fingerprint density at radius 1 is 1.50 bits per heavy atom. The standard InChI is InChI=1S/C14H29NO2S/c1-12(2)15-14(11-16)7-4-6-13(10-14)18-9-5-8-17-3/h12-13,15-16H,4-11H2,1-3H3. The van der Waals surface area contributed by atoms with Gasteiger partial charge in [-0.1, -0.05) is 20.3 Å². The predicted octanol–water partition coefficient (Wildman–Crippen LogP) is 2.43. The van der Waals surface area contributed by atoms with E-state index in [0.29, 0.717) is 11.3 Å². The summed E-state index contributed by atoms with van der Waals surface area (Å²) in [5.41, 5.74) is -0.0364. The van der Waals surface area contributed by atoms with Crippen molar-refractivity contribution in [3.63, 3.8) is 0 Å². The SMILES string of the molecule is COCCCSC1CCCC(CO)(NC(C)C)C1. The first kappa shape index (κ1) is 16.3. The fourth-order valence-electron chi connectivity index (χ4n) is 2.84. The van der Waals surface area contributed by atoms with Crippen LogP contribution in [0, 0.1) is 0 Å². The molecular formula is C14H29NO2S. The van der Waals surface area contributed by atoms with Crippen LogP contribution in [0.25, 0.3) is 0 Å². The Balaban J connectivity index is 2.38. The molecule has 4 heteroatoms. The van der Waals surface area contributed by atoms with Gasteiger partial charge in [0.25, 0.3) is 0 Å². The van der Waals surface area contributed by atoms with Crippen molar-refractivity contribution in [1.29, 1.82) is 0 Å². The lowest BCUT2D eigenvalue weighted by Crippen LogP contribution is -2.54. The van der Waals surface area contributed by atoms with Gasteiger partial charge in [-0.2, -0.15) is 11.8 Å². The van der Waals surface area contributed by atoms with E-state index in [4.69, 9.17) is 4.74 Å². The van der Waals surface area contributed by atoms with Crippen molar-refractivity contribution >= 4 is 11.8 Å². The lowest BCUT2D eigenvalue weighted by molar-refractivity contribution is 0.115. The quantitative estimate of drug-likeness (QED) is 0.668. The minimum atomic E-state index is -0.0364. The third-order valence-electron chi connectivity index (χ3n) is 3.54. The fraction of sp³-hybridized carbons (Fsp3) is 1.00. The average molecular weight is 275 g/mol. The van der Waals surface area contributed by atoms with E-state index in [1.54, 1.807) is 7.11 Å². The van der Waals surface area contributed by atoms with Crippen molar-refractivity contribution in [2.45, 2.75) is 62.8 Å². The van der Waals surface area contributed by atoms with Gasteiger partial charge in [-0.15, -0.1) is 0 Å². The summed E-state index contributed by atoms with van der Waals surface area (Å²) in [6.07, 6.45) is 5.85. The highest BCUT2D eigenvalue weighted by Gasteiger charge is 2.36. The third-order valence-corrected chi connectivity index (χ3v) is 4.94. The van der Waals surface area contributed by atoms with Crippen LogP contribution in [0.1, 0.15) is 46.0 Å². The molecule has 0 aromatic heterocycles. The van der Waals surface area contributed by atoms with Gasteiger partial charge in [0.2, 0.25) is 0 Å². The number of aliphatic hydroxyl groups excluding tert-OH is 1. The second-order valence-corrected chi connectivity index (χ2v) is 7.08. The molecule has 3 nitrogen and oxygen atoms in total. The first-order valence-corrected chi connectivity index (χ1v) is 8.16. The number of thioether (sulfide) groups is 1. The van der Waals surface area contributed by atoms with E-state index in [9.17, 15) is 5.11 Å². The van der Waals surface area contributed by atoms with Gasteiger partial charge in [0.05, 0.1) is 6.61 Å². The molecule has 1 aliphatic rings. The van der Waals surface area contributed by atoms with E-state index in [0.717, 1.165) is 25.9 Å². The van der Waals surface area contributed by atoms with Crippen LogP contribution in [0.3, 0.4) is 0 Å². The molecule has 1 fully saturated rings. The molecule has 1 rings (SSSR count). The maximum Gasteiger partial charge on any atom is 0.0613 e. The lowest BCUT2D eigenvalue weighted by Gasteiger charge is -2.41. The van der Waals surface area contributed by atoms with Gasteiger partial charge in [-0.25, -0.2) is 0 Å². The van der Waals surface area contributed by atoms with Gasteiger partial charge in [0.15, 0.2) is 0 Å². The molecule has 0 spiro atoms. The van der Waals surface area contributed by atoms with Crippen molar-refractivity contribution in [2.75, 3.05) is 26.1 Å². The zero-order chi connectivity index (χ0) is 13.4. The van der Waals surface area contributed by atoms with Crippen molar-refractivity contribution in [3.8, 4) is 0 Å². The van der Waals surface area contributed by atoms with Crippen LogP contribution in [0.4, 0.5) is 0 Å². The smallest absolute Gasteiger partial charge is 0.0613 e. The van der Waals surface area contributed by atoms with Crippen LogP contribution in [0.2, 0.25) is 0 Å². The summed E-state index contributed by atoms with van der Waals surface area (Å²) in [6.45, 7) is 5.44. The predicted molar refractivity (Wildman–Crippen MR) is 79.3 cm³/mol. The molecule has 0 saturated heterocycles. The molecule has 2 unspecified atom stereocenters. The average Bonchev–Trinajstić information content (AvgIpc) is 2.34. The molecule has 1 aliphatic carbocycles. The summed E-state index contributed by atoms with van der Waals surface area (Å²) in [5.74, 6) is 1.17. The summed E-state index contributed by atoms with van der Waals surface area (Å²) in [6, 6.07) is 0.439. The van der Waals surface area contributed by atoms with E-state index in [1.807, 2.05) is 0 Å². The molecular weight excluding hydrogens is 246 g/mol. The number of aliphatic hydroxyl groups is 1. The lowest BCUT2D eigenvalue weighted by atomic mass is 9.81. The minimum absolute atomic E-state index is 0.0364. The summed E-state index contributed by atoms with van der Waals surface area (Å²) < 4.78 is 5.08. The number of ether oxygens (including phenoxy) is 1. The first-order valence-electron chi connectivity index (χ1n) is 7.11. The molecule has 1 saturated carbocycles. The summed E-state index contributed by atoms with van der Waals surface area (Å²) in [5, 5.41) is 14.0. The number of hydrogen-bond donors (Lipinski definition) is 2. The van der Waals surface area contributed by atoms with E-state index in [2.05, 4.69) is 30.9 Å². The molecule has 0 aromatic carbocycles. The van der Waals surface area contributed by atoms with Gasteiger partial charge < -0.3 is 15.2 Å². The van der Waals surface area contributed by atoms with Crippen molar-refractivity contribution in [2.24, 2.45) is 0 Å². The molecule has 18 heavy (non-hydrogen) atoms. The first-order chi connectivity index (χ1) is 8.62. The largest absolute Gasteiger partial charge is 0.394 e. The Hall–Kier alpha value is 0.230. The second-order valence-electron chi connectivity index (χ2n) is 5.67. The molecule has 0 bridgehead atoms. The van der Waals surface area contributed by atoms with Gasteiger partial charge >= 0.3 is 0 Å². The Morgan fingerprint density at radius 2 is 2.28 bits per heavy atom. The molecule has 0 aliphatic heterocycles. The highest BCUT2D eigenvalue weighted by Crippen LogP contribution is 2.35. The molecule has 0 amide bonds. The molecule has 108 valence electrons. The molecule has 0 radical (unpaired) electrons. The zero-order valence-electron chi connectivity index (χ0n) is 12.1. The Morgan fingerprint density at radius 3 is 2.89 bits per heavy atom. The van der Waals surface area contributed by atoms with Crippen LogP contribution in [0.5, 0.6) is 0 Å². The normalized spacial score (nSPS) is 28.8. The van der Waals surface area contributed by atoms with Crippen molar-refractivity contribution in [3.05, 3.63) is 0 Å². The van der Waals surface area contributed by atoms with E-state index < -0.39 is 0 Å². The molecule has 0 aromatic rings. The van der Waals surface area contributed by atoms with Gasteiger partial charge in [-0.05, 0) is 31.4 Å². The van der Waals surface area contributed by atoms with E-state index >= 15 is 0 Å². The van der Waals surface area contributed by atoms with Gasteiger partial charge in [0, 0.05) is 30.5 Å². The van der Waals surface area contributed by atoms with Crippen LogP contribution in [0.15, 0.2) is 0 Å². The van der Waals surface area contributed by atoms with Crippen molar-refractivity contribution < 1.29 is 9.84 Å².